The zero-order valence-corrected chi connectivity index (χ0v) is 15.7. The summed E-state index contributed by atoms with van der Waals surface area (Å²) in [6.07, 6.45) is 2.68. The number of halogens is 3. The second kappa shape index (κ2) is 10.2. The van der Waals surface area contributed by atoms with Crippen LogP contribution in [0.5, 0.6) is 11.5 Å². The number of ether oxygens (including phenoxy) is 2. The number of rotatable bonds is 8. The van der Waals surface area contributed by atoms with Crippen LogP contribution in [-0.4, -0.2) is 44.0 Å². The predicted octanol–water partition coefficient (Wildman–Crippen LogP) is 3.55. The van der Waals surface area contributed by atoms with E-state index in [9.17, 15) is 22.8 Å². The molecule has 29 heavy (non-hydrogen) atoms. The zero-order valence-electron chi connectivity index (χ0n) is 15.7. The van der Waals surface area contributed by atoms with E-state index in [1.54, 1.807) is 0 Å². The molecule has 0 aliphatic carbocycles. The fourth-order valence-corrected chi connectivity index (χ4v) is 2.30. The SMILES string of the molecule is COc1cc(/C=C/C(=O)N(C)CC(=O)Nc2ccc(F)cc2)ccc1OC(F)F. The molecule has 0 heterocycles. The molecular weight excluding hydrogens is 389 g/mol. The summed E-state index contributed by atoms with van der Waals surface area (Å²) in [5, 5.41) is 2.55. The van der Waals surface area contributed by atoms with Crippen LogP contribution in [-0.2, 0) is 9.59 Å². The van der Waals surface area contributed by atoms with Crippen LogP contribution in [0.3, 0.4) is 0 Å². The van der Waals surface area contributed by atoms with Crippen LogP contribution in [0.25, 0.3) is 6.08 Å². The van der Waals surface area contributed by atoms with Gasteiger partial charge in [-0.3, -0.25) is 9.59 Å². The smallest absolute Gasteiger partial charge is 0.387 e. The summed E-state index contributed by atoms with van der Waals surface area (Å²) in [5.74, 6) is -1.36. The van der Waals surface area contributed by atoms with E-state index in [0.29, 0.717) is 11.3 Å². The van der Waals surface area contributed by atoms with Gasteiger partial charge in [-0.15, -0.1) is 0 Å². The van der Waals surface area contributed by atoms with Crippen molar-refractivity contribution in [1.82, 2.24) is 4.90 Å². The molecule has 0 saturated carbocycles. The van der Waals surface area contributed by atoms with Gasteiger partial charge in [0.25, 0.3) is 0 Å². The molecule has 2 aromatic rings. The van der Waals surface area contributed by atoms with E-state index in [4.69, 9.17) is 4.74 Å². The van der Waals surface area contributed by atoms with Gasteiger partial charge < -0.3 is 19.7 Å². The molecule has 9 heteroatoms. The molecule has 6 nitrogen and oxygen atoms in total. The van der Waals surface area contributed by atoms with E-state index >= 15 is 0 Å². The number of benzene rings is 2. The van der Waals surface area contributed by atoms with Gasteiger partial charge in [-0.05, 0) is 48.0 Å². The van der Waals surface area contributed by atoms with Gasteiger partial charge in [-0.25, -0.2) is 4.39 Å². The van der Waals surface area contributed by atoms with Crippen LogP contribution in [0, 0.1) is 5.82 Å². The molecule has 0 atom stereocenters. The molecule has 0 unspecified atom stereocenters. The minimum atomic E-state index is -2.98. The number of alkyl halides is 2. The predicted molar refractivity (Wildman–Crippen MR) is 101 cm³/mol. The van der Waals surface area contributed by atoms with Crippen molar-refractivity contribution < 1.29 is 32.2 Å². The highest BCUT2D eigenvalue weighted by Gasteiger charge is 2.12. The highest BCUT2D eigenvalue weighted by Crippen LogP contribution is 2.29. The topological polar surface area (TPSA) is 67.9 Å². The van der Waals surface area contributed by atoms with Gasteiger partial charge in [-0.2, -0.15) is 8.78 Å². The molecule has 0 saturated heterocycles. The molecule has 2 amide bonds. The van der Waals surface area contributed by atoms with E-state index in [2.05, 4.69) is 10.1 Å². The maximum Gasteiger partial charge on any atom is 0.387 e. The van der Waals surface area contributed by atoms with Crippen molar-refractivity contribution in [3.63, 3.8) is 0 Å². The number of likely N-dealkylation sites (N-methyl/N-ethyl adjacent to an activating group) is 1. The van der Waals surface area contributed by atoms with Crippen molar-refractivity contribution >= 4 is 23.6 Å². The Balaban J connectivity index is 1.95. The number of carbonyl (C=O) groups excluding carboxylic acids is 2. The summed E-state index contributed by atoms with van der Waals surface area (Å²) in [6.45, 7) is -3.20. The van der Waals surface area contributed by atoms with Crippen molar-refractivity contribution in [3.05, 3.63) is 59.9 Å². The summed E-state index contributed by atoms with van der Waals surface area (Å²) >= 11 is 0. The Morgan fingerprint density at radius 1 is 1.14 bits per heavy atom. The number of nitrogens with zero attached hydrogens (tertiary/aromatic N) is 1. The molecule has 2 aromatic carbocycles. The van der Waals surface area contributed by atoms with E-state index in [0.717, 1.165) is 0 Å². The number of nitrogens with one attached hydrogen (secondary N) is 1. The molecule has 0 fully saturated rings. The fourth-order valence-electron chi connectivity index (χ4n) is 2.30. The third-order valence-corrected chi connectivity index (χ3v) is 3.71. The second-order valence-electron chi connectivity index (χ2n) is 5.87. The molecule has 0 radical (unpaired) electrons. The lowest BCUT2D eigenvalue weighted by atomic mass is 10.2. The van der Waals surface area contributed by atoms with Gasteiger partial charge in [0, 0.05) is 18.8 Å². The van der Waals surface area contributed by atoms with Crippen LogP contribution in [0.1, 0.15) is 5.56 Å². The zero-order chi connectivity index (χ0) is 21.4. The quantitative estimate of drug-likeness (QED) is 0.679. The number of methoxy groups -OCH3 is 1. The van der Waals surface area contributed by atoms with Gasteiger partial charge in [0.15, 0.2) is 11.5 Å². The fraction of sp³-hybridized carbons (Fsp3) is 0.200. The van der Waals surface area contributed by atoms with E-state index in [1.165, 1.54) is 73.7 Å². The highest BCUT2D eigenvalue weighted by atomic mass is 19.3. The monoisotopic (exact) mass is 408 g/mol. The molecular formula is C20H19F3N2O4. The van der Waals surface area contributed by atoms with Crippen LogP contribution in [0.2, 0.25) is 0 Å². The third kappa shape index (κ3) is 6.87. The van der Waals surface area contributed by atoms with Crippen molar-refractivity contribution in [2.45, 2.75) is 6.61 Å². The molecule has 154 valence electrons. The first-order valence-electron chi connectivity index (χ1n) is 8.40. The lowest BCUT2D eigenvalue weighted by molar-refractivity contribution is -0.129. The minimum absolute atomic E-state index is 0.0897. The maximum atomic E-state index is 12.9. The largest absolute Gasteiger partial charge is 0.493 e. The minimum Gasteiger partial charge on any atom is -0.493 e. The van der Waals surface area contributed by atoms with Crippen LogP contribution < -0.4 is 14.8 Å². The molecule has 0 aliphatic heterocycles. The van der Waals surface area contributed by atoms with Crippen LogP contribution >= 0.6 is 0 Å². The van der Waals surface area contributed by atoms with E-state index < -0.39 is 24.2 Å². The number of anilines is 1. The molecule has 0 aromatic heterocycles. The van der Waals surface area contributed by atoms with Crippen molar-refractivity contribution in [3.8, 4) is 11.5 Å². The first kappa shape index (κ1) is 21.8. The Labute approximate surface area is 165 Å². The average Bonchev–Trinajstić information content (AvgIpc) is 2.68. The molecule has 0 aliphatic rings. The Morgan fingerprint density at radius 2 is 1.83 bits per heavy atom. The van der Waals surface area contributed by atoms with E-state index in [-0.39, 0.29) is 18.0 Å². The Bertz CT molecular complexity index is 886. The first-order valence-corrected chi connectivity index (χ1v) is 8.40. The van der Waals surface area contributed by atoms with Crippen molar-refractivity contribution in [2.75, 3.05) is 26.0 Å². The van der Waals surface area contributed by atoms with Gasteiger partial charge >= 0.3 is 6.61 Å². The second-order valence-corrected chi connectivity index (χ2v) is 5.87. The standard InChI is InChI=1S/C20H19F3N2O4/c1-25(12-18(26)24-15-7-5-14(21)6-8-15)19(27)10-4-13-3-9-16(29-20(22)23)17(11-13)28-2/h3-11,20H,12H2,1-2H3,(H,24,26)/b10-4+. The molecule has 0 bridgehead atoms. The Kier molecular flexibility index (Phi) is 7.64. The molecule has 2 rings (SSSR count). The molecule has 1 N–H and O–H groups in total. The summed E-state index contributed by atoms with van der Waals surface area (Å²) < 4.78 is 46.9. The maximum absolute atomic E-state index is 12.9. The highest BCUT2D eigenvalue weighted by molar-refractivity contribution is 5.97. The number of hydrogen-bond acceptors (Lipinski definition) is 4. The number of hydrogen-bond donors (Lipinski definition) is 1. The average molecular weight is 408 g/mol. The van der Waals surface area contributed by atoms with Gasteiger partial charge in [-0.1, -0.05) is 6.07 Å². The lowest BCUT2D eigenvalue weighted by Crippen LogP contribution is -2.33. The van der Waals surface area contributed by atoms with Crippen LogP contribution in [0.15, 0.2) is 48.5 Å². The third-order valence-electron chi connectivity index (χ3n) is 3.71. The summed E-state index contributed by atoms with van der Waals surface area (Å²) in [6, 6.07) is 9.44. The Hall–Kier alpha value is -3.49. The van der Waals surface area contributed by atoms with Crippen LogP contribution in [0.4, 0.5) is 18.9 Å². The Morgan fingerprint density at radius 3 is 2.45 bits per heavy atom. The van der Waals surface area contributed by atoms with Crippen molar-refractivity contribution in [2.24, 2.45) is 0 Å². The number of amides is 2. The lowest BCUT2D eigenvalue weighted by Gasteiger charge is -2.15. The summed E-state index contributed by atoms with van der Waals surface area (Å²) in [4.78, 5) is 25.3. The first-order chi connectivity index (χ1) is 13.8. The van der Waals surface area contributed by atoms with Gasteiger partial charge in [0.2, 0.25) is 11.8 Å². The number of carbonyl (C=O) groups is 2. The normalized spacial score (nSPS) is 10.8. The summed E-state index contributed by atoms with van der Waals surface area (Å²) in [7, 11) is 2.75. The van der Waals surface area contributed by atoms with E-state index in [1.807, 2.05) is 0 Å². The summed E-state index contributed by atoms with van der Waals surface area (Å²) in [5.41, 5.74) is 0.923. The molecule has 0 spiro atoms. The van der Waals surface area contributed by atoms with Gasteiger partial charge in [0.05, 0.1) is 13.7 Å². The van der Waals surface area contributed by atoms with Gasteiger partial charge in [0.1, 0.15) is 5.82 Å². The van der Waals surface area contributed by atoms with Crippen molar-refractivity contribution in [1.29, 1.82) is 0 Å².